The van der Waals surface area contributed by atoms with E-state index < -0.39 is 43.3 Å². The predicted molar refractivity (Wildman–Crippen MR) is 86.5 cm³/mol. The van der Waals surface area contributed by atoms with Crippen molar-refractivity contribution in [2.45, 2.75) is 43.5 Å². The number of H-pyrrole nitrogens is 1. The number of aryl methyl sites for hydroxylation is 1. The Bertz CT molecular complexity index is 729. The molecule has 1 aromatic heterocycles. The van der Waals surface area contributed by atoms with Crippen LogP contribution in [-0.2, 0) is 20.7 Å². The molecule has 1 aliphatic heterocycles. The van der Waals surface area contributed by atoms with E-state index in [-0.39, 0.29) is 6.42 Å². The van der Waals surface area contributed by atoms with Gasteiger partial charge in [0.25, 0.3) is 0 Å². The van der Waals surface area contributed by atoms with Crippen LogP contribution < -0.4 is 0 Å². The van der Waals surface area contributed by atoms with Gasteiger partial charge in [0, 0.05) is 23.5 Å². The van der Waals surface area contributed by atoms with Crippen LogP contribution in [0.4, 0.5) is 0 Å². The fourth-order valence-electron chi connectivity index (χ4n) is 2.93. The molecule has 0 spiro atoms. The maximum absolute atomic E-state index is 12.0. The summed E-state index contributed by atoms with van der Waals surface area (Å²) >= 11 is 0. The van der Waals surface area contributed by atoms with Gasteiger partial charge in [-0.25, -0.2) is 0 Å². The van der Waals surface area contributed by atoms with E-state index >= 15 is 0 Å². The SMILES string of the molecule is O=C(CCc1c[nH]c2ccccc12)O[C@@H]1O[C@H](CO)[C@@H](O)[C@H](O)[C@H]1O. The van der Waals surface area contributed by atoms with Crippen molar-refractivity contribution in [2.24, 2.45) is 0 Å². The Kier molecular flexibility index (Phi) is 5.36. The minimum absolute atomic E-state index is 0.0524. The van der Waals surface area contributed by atoms with Crippen LogP contribution in [0.15, 0.2) is 30.5 Å². The lowest BCUT2D eigenvalue weighted by Gasteiger charge is -2.39. The van der Waals surface area contributed by atoms with E-state index in [1.807, 2.05) is 30.5 Å². The molecule has 1 saturated heterocycles. The van der Waals surface area contributed by atoms with Gasteiger partial charge in [0.05, 0.1) is 6.61 Å². The van der Waals surface area contributed by atoms with Crippen molar-refractivity contribution in [3.05, 3.63) is 36.0 Å². The Hall–Kier alpha value is -1.97. The average Bonchev–Trinajstić information content (AvgIpc) is 3.03. The highest BCUT2D eigenvalue weighted by Crippen LogP contribution is 2.23. The minimum Gasteiger partial charge on any atom is -0.433 e. The maximum Gasteiger partial charge on any atom is 0.308 e. The molecule has 0 amide bonds. The van der Waals surface area contributed by atoms with Gasteiger partial charge in [-0.1, -0.05) is 18.2 Å². The van der Waals surface area contributed by atoms with E-state index in [4.69, 9.17) is 14.6 Å². The van der Waals surface area contributed by atoms with Crippen LogP contribution in [0.25, 0.3) is 10.9 Å². The number of rotatable bonds is 5. The van der Waals surface area contributed by atoms with Gasteiger partial charge in [-0.2, -0.15) is 0 Å². The molecule has 5 atom stereocenters. The van der Waals surface area contributed by atoms with Crippen molar-refractivity contribution < 1.29 is 34.7 Å². The first-order valence-electron chi connectivity index (χ1n) is 8.06. The molecule has 5 N–H and O–H groups in total. The molecule has 25 heavy (non-hydrogen) atoms. The number of fused-ring (bicyclic) bond motifs is 1. The number of hydrogen-bond acceptors (Lipinski definition) is 7. The van der Waals surface area contributed by atoms with Gasteiger partial charge in [-0.15, -0.1) is 0 Å². The molecule has 1 fully saturated rings. The molecule has 2 aromatic rings. The zero-order valence-corrected chi connectivity index (χ0v) is 13.4. The van der Waals surface area contributed by atoms with Gasteiger partial charge in [0.2, 0.25) is 6.29 Å². The molecule has 0 saturated carbocycles. The van der Waals surface area contributed by atoms with E-state index in [1.165, 1.54) is 0 Å². The number of ether oxygens (including phenoxy) is 2. The number of aliphatic hydroxyl groups is 4. The molecule has 8 heteroatoms. The lowest BCUT2D eigenvalue weighted by molar-refractivity contribution is -0.292. The number of esters is 1. The highest BCUT2D eigenvalue weighted by Gasteiger charge is 2.45. The van der Waals surface area contributed by atoms with Gasteiger partial charge >= 0.3 is 5.97 Å². The van der Waals surface area contributed by atoms with Gasteiger partial charge in [0.1, 0.15) is 24.4 Å². The van der Waals surface area contributed by atoms with E-state index in [0.29, 0.717) is 6.42 Å². The molecule has 1 aliphatic rings. The molecule has 1 aromatic carbocycles. The Labute approximate surface area is 143 Å². The van der Waals surface area contributed by atoms with E-state index in [9.17, 15) is 20.1 Å². The summed E-state index contributed by atoms with van der Waals surface area (Å²) in [4.78, 5) is 15.2. The normalized spacial score (nSPS) is 29.7. The Morgan fingerprint density at radius 3 is 2.68 bits per heavy atom. The number of para-hydroxylation sites is 1. The highest BCUT2D eigenvalue weighted by atomic mass is 16.7. The summed E-state index contributed by atoms with van der Waals surface area (Å²) in [7, 11) is 0. The largest absolute Gasteiger partial charge is 0.433 e. The first-order valence-corrected chi connectivity index (χ1v) is 8.06. The minimum atomic E-state index is -1.59. The number of aromatic nitrogens is 1. The second-order valence-corrected chi connectivity index (χ2v) is 6.05. The number of nitrogens with one attached hydrogen (secondary N) is 1. The van der Waals surface area contributed by atoms with Crippen molar-refractivity contribution in [1.82, 2.24) is 4.98 Å². The molecule has 2 heterocycles. The topological polar surface area (TPSA) is 132 Å². The molecule has 0 radical (unpaired) electrons. The predicted octanol–water partition coefficient (Wildman–Crippen LogP) is -0.556. The first kappa shape index (κ1) is 17.8. The molecule has 136 valence electrons. The van der Waals surface area contributed by atoms with Crippen molar-refractivity contribution in [1.29, 1.82) is 0 Å². The zero-order valence-electron chi connectivity index (χ0n) is 13.4. The van der Waals surface area contributed by atoms with Crippen LogP contribution in [0.3, 0.4) is 0 Å². The fraction of sp³-hybridized carbons (Fsp3) is 0.471. The second-order valence-electron chi connectivity index (χ2n) is 6.05. The van der Waals surface area contributed by atoms with Crippen LogP contribution in [0, 0.1) is 0 Å². The first-order chi connectivity index (χ1) is 12.0. The summed E-state index contributed by atoms with van der Waals surface area (Å²) in [5.74, 6) is -0.616. The van der Waals surface area contributed by atoms with Crippen molar-refractivity contribution in [3.8, 4) is 0 Å². The molecule has 0 bridgehead atoms. The van der Waals surface area contributed by atoms with Gasteiger partial charge in [0.15, 0.2) is 0 Å². The van der Waals surface area contributed by atoms with Crippen molar-refractivity contribution in [3.63, 3.8) is 0 Å². The number of benzene rings is 1. The third-order valence-electron chi connectivity index (χ3n) is 4.37. The number of carbonyl (C=O) groups is 1. The molecule has 3 rings (SSSR count). The quantitative estimate of drug-likeness (QED) is 0.456. The Morgan fingerprint density at radius 2 is 1.92 bits per heavy atom. The molecule has 0 aliphatic carbocycles. The summed E-state index contributed by atoms with van der Waals surface area (Å²) in [6.07, 6.45) is -4.88. The van der Waals surface area contributed by atoms with Crippen LogP contribution in [0.5, 0.6) is 0 Å². The van der Waals surface area contributed by atoms with Crippen molar-refractivity contribution >= 4 is 16.9 Å². The lowest BCUT2D eigenvalue weighted by Crippen LogP contribution is -2.59. The highest BCUT2D eigenvalue weighted by molar-refractivity contribution is 5.83. The van der Waals surface area contributed by atoms with Gasteiger partial charge < -0.3 is 34.9 Å². The summed E-state index contributed by atoms with van der Waals surface area (Å²) in [5, 5.41) is 39.4. The molecule has 0 unspecified atom stereocenters. The number of carbonyl (C=O) groups excluding carboxylic acids is 1. The molecule has 8 nitrogen and oxygen atoms in total. The summed E-state index contributed by atoms with van der Waals surface area (Å²) in [6, 6.07) is 7.71. The lowest BCUT2D eigenvalue weighted by atomic mass is 9.99. The summed E-state index contributed by atoms with van der Waals surface area (Å²) in [6.45, 7) is -0.575. The second kappa shape index (κ2) is 7.51. The average molecular weight is 351 g/mol. The van der Waals surface area contributed by atoms with E-state index in [0.717, 1.165) is 16.5 Å². The monoisotopic (exact) mass is 351 g/mol. The smallest absolute Gasteiger partial charge is 0.308 e. The number of hydrogen-bond donors (Lipinski definition) is 5. The van der Waals surface area contributed by atoms with E-state index in [1.54, 1.807) is 0 Å². The van der Waals surface area contributed by atoms with E-state index in [2.05, 4.69) is 4.98 Å². The zero-order chi connectivity index (χ0) is 18.0. The van der Waals surface area contributed by atoms with Crippen LogP contribution >= 0.6 is 0 Å². The van der Waals surface area contributed by atoms with Crippen LogP contribution in [-0.4, -0.2) is 68.7 Å². The number of aliphatic hydroxyl groups excluding tert-OH is 4. The number of aromatic amines is 1. The third kappa shape index (κ3) is 3.68. The molecular weight excluding hydrogens is 330 g/mol. The fourth-order valence-corrected chi connectivity index (χ4v) is 2.93. The van der Waals surface area contributed by atoms with Crippen LogP contribution in [0.1, 0.15) is 12.0 Å². The molecular formula is C17H21NO7. The standard InChI is InChI=1S/C17H21NO7/c19-8-12-14(21)15(22)16(23)17(24-12)25-13(20)6-5-9-7-18-11-4-2-1-3-10(9)11/h1-4,7,12,14-19,21-23H,5-6,8H2/t12-,14-,15+,16-,17+/m1/s1. The Morgan fingerprint density at radius 1 is 1.16 bits per heavy atom. The van der Waals surface area contributed by atoms with Crippen LogP contribution in [0.2, 0.25) is 0 Å². The summed E-state index contributed by atoms with van der Waals surface area (Å²) < 4.78 is 10.2. The van der Waals surface area contributed by atoms with Gasteiger partial charge in [-0.05, 0) is 18.1 Å². The maximum atomic E-state index is 12.0. The third-order valence-corrected chi connectivity index (χ3v) is 4.37. The van der Waals surface area contributed by atoms with Gasteiger partial charge in [-0.3, -0.25) is 4.79 Å². The Balaban J connectivity index is 1.58. The summed E-state index contributed by atoms with van der Waals surface area (Å²) in [5.41, 5.74) is 1.93. The van der Waals surface area contributed by atoms with Crippen molar-refractivity contribution in [2.75, 3.05) is 6.61 Å².